The molecule has 3 aromatic carbocycles. The van der Waals surface area contributed by atoms with Crippen LogP contribution in [0.25, 0.3) is 44.3 Å². The SMILES string of the molecule is Cc1c(-c2cccc(-c3nc4cc(C=O)cc(Cl)c4o3)c2)cccc1-c1nc2c(s1)C(C)(C)N(C)CC2. The number of hydrogen-bond acceptors (Lipinski definition) is 6. The fourth-order valence-corrected chi connectivity index (χ4v) is 6.66. The van der Waals surface area contributed by atoms with Gasteiger partial charge in [0.05, 0.1) is 16.3 Å². The van der Waals surface area contributed by atoms with Crippen molar-refractivity contribution in [1.29, 1.82) is 0 Å². The number of aromatic nitrogens is 2. The Hall–Kier alpha value is -3.32. The van der Waals surface area contributed by atoms with Crippen LogP contribution in [0.5, 0.6) is 0 Å². The van der Waals surface area contributed by atoms with Gasteiger partial charge in [0, 0.05) is 34.5 Å². The second-order valence-electron chi connectivity index (χ2n) is 10.1. The average molecular weight is 528 g/mol. The van der Waals surface area contributed by atoms with Gasteiger partial charge in [-0.15, -0.1) is 11.3 Å². The third-order valence-corrected chi connectivity index (χ3v) is 9.20. The number of fused-ring (bicyclic) bond motifs is 2. The summed E-state index contributed by atoms with van der Waals surface area (Å²) < 4.78 is 6.00. The first-order chi connectivity index (χ1) is 17.8. The highest BCUT2D eigenvalue weighted by molar-refractivity contribution is 7.15. The smallest absolute Gasteiger partial charge is 0.227 e. The fourth-order valence-electron chi connectivity index (χ4n) is 5.04. The monoisotopic (exact) mass is 527 g/mol. The van der Waals surface area contributed by atoms with Crippen LogP contribution in [-0.2, 0) is 12.0 Å². The standard InChI is InChI=1S/C30H26ClN3O2S/c1-17-21(9-6-10-22(17)29-33-24-11-12-34(4)30(2,3)27(24)37-29)19-7-5-8-20(15-19)28-32-25-14-18(16-35)13-23(31)26(25)36-28/h5-10,13-16H,11-12H2,1-4H3. The van der Waals surface area contributed by atoms with Gasteiger partial charge in [-0.1, -0.05) is 41.9 Å². The van der Waals surface area contributed by atoms with Crippen molar-refractivity contribution in [2.45, 2.75) is 32.7 Å². The third-order valence-electron chi connectivity index (χ3n) is 7.48. The van der Waals surface area contributed by atoms with Gasteiger partial charge in [0.2, 0.25) is 5.89 Å². The number of oxazole rings is 1. The maximum Gasteiger partial charge on any atom is 0.227 e. The molecule has 0 aliphatic carbocycles. The second kappa shape index (κ2) is 8.91. The molecule has 37 heavy (non-hydrogen) atoms. The van der Waals surface area contributed by atoms with Crippen molar-refractivity contribution >= 4 is 40.3 Å². The lowest BCUT2D eigenvalue weighted by molar-refractivity contribution is 0.112. The van der Waals surface area contributed by atoms with E-state index in [1.165, 1.54) is 16.1 Å². The number of hydrogen-bond donors (Lipinski definition) is 0. The minimum Gasteiger partial charge on any atom is -0.435 e. The topological polar surface area (TPSA) is 59.2 Å². The van der Waals surface area contributed by atoms with E-state index in [2.05, 4.69) is 68.0 Å². The number of likely N-dealkylation sites (N-methyl/N-ethyl adjacent to an activating group) is 1. The number of nitrogens with zero attached hydrogens (tertiary/aromatic N) is 3. The minimum atomic E-state index is -0.0156. The Labute approximate surface area is 224 Å². The van der Waals surface area contributed by atoms with Crippen molar-refractivity contribution in [1.82, 2.24) is 14.9 Å². The molecule has 0 unspecified atom stereocenters. The van der Waals surface area contributed by atoms with Gasteiger partial charge in [0.1, 0.15) is 16.8 Å². The van der Waals surface area contributed by atoms with Crippen LogP contribution >= 0.6 is 22.9 Å². The van der Waals surface area contributed by atoms with Gasteiger partial charge in [0.15, 0.2) is 5.58 Å². The Morgan fingerprint density at radius 1 is 1.05 bits per heavy atom. The molecule has 5 aromatic rings. The molecule has 1 aliphatic rings. The van der Waals surface area contributed by atoms with Crippen LogP contribution < -0.4 is 0 Å². The lowest BCUT2D eigenvalue weighted by Gasteiger charge is -2.38. The van der Waals surface area contributed by atoms with Crippen LogP contribution in [0, 0.1) is 6.92 Å². The van der Waals surface area contributed by atoms with Crippen LogP contribution in [0.1, 0.15) is 40.3 Å². The van der Waals surface area contributed by atoms with E-state index in [1.54, 1.807) is 12.1 Å². The molecule has 0 spiro atoms. The van der Waals surface area contributed by atoms with Crippen LogP contribution in [-0.4, -0.2) is 34.7 Å². The molecule has 0 saturated carbocycles. The van der Waals surface area contributed by atoms with Gasteiger partial charge < -0.3 is 4.42 Å². The van der Waals surface area contributed by atoms with Crippen LogP contribution in [0.15, 0.2) is 59.0 Å². The van der Waals surface area contributed by atoms with Crippen LogP contribution in [0.4, 0.5) is 0 Å². The molecule has 0 N–H and O–H groups in total. The molecule has 0 atom stereocenters. The Bertz CT molecular complexity index is 1680. The van der Waals surface area contributed by atoms with Gasteiger partial charge in [-0.2, -0.15) is 0 Å². The van der Waals surface area contributed by atoms with Crippen LogP contribution in [0.2, 0.25) is 5.02 Å². The number of carbonyl (C=O) groups is 1. The minimum absolute atomic E-state index is 0.0156. The molecule has 1 aliphatic heterocycles. The van der Waals surface area contributed by atoms with E-state index in [1.807, 2.05) is 23.5 Å². The average Bonchev–Trinajstić information content (AvgIpc) is 3.52. The first-order valence-corrected chi connectivity index (χ1v) is 13.4. The summed E-state index contributed by atoms with van der Waals surface area (Å²) in [6.45, 7) is 7.74. The highest BCUT2D eigenvalue weighted by Gasteiger charge is 2.35. The summed E-state index contributed by atoms with van der Waals surface area (Å²) >= 11 is 8.14. The Morgan fingerprint density at radius 3 is 2.62 bits per heavy atom. The first-order valence-electron chi connectivity index (χ1n) is 12.2. The molecular weight excluding hydrogens is 502 g/mol. The van der Waals surface area contributed by atoms with Crippen LogP contribution in [0.3, 0.4) is 0 Å². The van der Waals surface area contributed by atoms with Crippen molar-refractivity contribution in [3.05, 3.63) is 81.3 Å². The van der Waals surface area contributed by atoms with Crippen molar-refractivity contribution in [2.24, 2.45) is 0 Å². The van der Waals surface area contributed by atoms with Gasteiger partial charge in [-0.05, 0) is 68.8 Å². The highest BCUT2D eigenvalue weighted by atomic mass is 35.5. The molecule has 0 saturated heterocycles. The largest absolute Gasteiger partial charge is 0.435 e. The van der Waals surface area contributed by atoms with Gasteiger partial charge in [-0.3, -0.25) is 9.69 Å². The Morgan fingerprint density at radius 2 is 1.81 bits per heavy atom. The second-order valence-corrected chi connectivity index (χ2v) is 11.5. The summed E-state index contributed by atoms with van der Waals surface area (Å²) in [4.78, 5) is 24.7. The van der Waals surface area contributed by atoms with Crippen molar-refractivity contribution in [3.8, 4) is 33.2 Å². The van der Waals surface area contributed by atoms with Gasteiger partial charge in [0.25, 0.3) is 0 Å². The molecule has 2 aromatic heterocycles. The first kappa shape index (κ1) is 24.0. The molecule has 0 bridgehead atoms. The zero-order valence-electron chi connectivity index (χ0n) is 21.1. The summed E-state index contributed by atoms with van der Waals surface area (Å²) in [6, 6.07) is 17.8. The van der Waals surface area contributed by atoms with Crippen molar-refractivity contribution in [2.75, 3.05) is 13.6 Å². The molecule has 0 amide bonds. The Balaban J connectivity index is 1.41. The van der Waals surface area contributed by atoms with Crippen molar-refractivity contribution in [3.63, 3.8) is 0 Å². The maximum absolute atomic E-state index is 11.2. The predicted octanol–water partition coefficient (Wildman–Crippen LogP) is 7.78. The highest BCUT2D eigenvalue weighted by Crippen LogP contribution is 2.43. The van der Waals surface area contributed by atoms with Gasteiger partial charge >= 0.3 is 0 Å². The molecule has 6 rings (SSSR count). The number of aldehydes is 1. The number of carbonyl (C=O) groups excluding carboxylic acids is 1. The molecule has 5 nitrogen and oxygen atoms in total. The quantitative estimate of drug-likeness (QED) is 0.223. The van der Waals surface area contributed by atoms with E-state index in [-0.39, 0.29) is 5.54 Å². The van der Waals surface area contributed by atoms with E-state index in [0.29, 0.717) is 27.6 Å². The normalized spacial score (nSPS) is 15.2. The summed E-state index contributed by atoms with van der Waals surface area (Å²) in [7, 11) is 2.19. The van der Waals surface area contributed by atoms with Gasteiger partial charge in [-0.25, -0.2) is 9.97 Å². The maximum atomic E-state index is 11.2. The van der Waals surface area contributed by atoms with E-state index >= 15 is 0 Å². The predicted molar refractivity (Wildman–Crippen MR) is 150 cm³/mol. The molecule has 0 fully saturated rings. The number of halogens is 1. The Kier molecular flexibility index (Phi) is 5.79. The lowest BCUT2D eigenvalue weighted by Crippen LogP contribution is -2.43. The molecule has 186 valence electrons. The number of benzene rings is 3. The summed E-state index contributed by atoms with van der Waals surface area (Å²) in [5, 5.41) is 1.45. The fraction of sp³-hybridized carbons (Fsp3) is 0.233. The van der Waals surface area contributed by atoms with E-state index in [9.17, 15) is 4.79 Å². The summed E-state index contributed by atoms with van der Waals surface area (Å²) in [5.74, 6) is 0.467. The third kappa shape index (κ3) is 4.00. The molecule has 3 heterocycles. The zero-order valence-corrected chi connectivity index (χ0v) is 22.7. The van der Waals surface area contributed by atoms with Crippen molar-refractivity contribution < 1.29 is 9.21 Å². The van der Waals surface area contributed by atoms with E-state index < -0.39 is 0 Å². The molecule has 0 radical (unpaired) electrons. The van der Waals surface area contributed by atoms with E-state index in [4.69, 9.17) is 21.0 Å². The number of thiazole rings is 1. The van der Waals surface area contributed by atoms with E-state index in [0.717, 1.165) is 46.5 Å². The molecule has 7 heteroatoms. The summed E-state index contributed by atoms with van der Waals surface area (Å²) in [6.07, 6.45) is 1.74. The number of rotatable bonds is 4. The summed E-state index contributed by atoms with van der Waals surface area (Å²) in [5.41, 5.74) is 8.13. The zero-order chi connectivity index (χ0) is 25.9. The molecular formula is C30H26ClN3O2S. The lowest BCUT2D eigenvalue weighted by atomic mass is 9.94.